The van der Waals surface area contributed by atoms with Gasteiger partial charge in [0.1, 0.15) is 0 Å². The van der Waals surface area contributed by atoms with E-state index in [4.69, 9.17) is 0 Å². The van der Waals surface area contributed by atoms with E-state index in [1.807, 2.05) is 0 Å². The lowest BCUT2D eigenvalue weighted by atomic mass is 10.6. The van der Waals surface area contributed by atoms with Gasteiger partial charge in [0.15, 0.2) is 0 Å². The highest BCUT2D eigenvalue weighted by molar-refractivity contribution is 7.28. The maximum atomic E-state index is 3.36. The fraction of sp³-hybridized carbons (Fsp3) is 1.00. The van der Waals surface area contributed by atoms with Gasteiger partial charge in [-0.2, -0.15) is 0 Å². The van der Waals surface area contributed by atoms with Gasteiger partial charge in [-0.25, -0.2) is 0 Å². The minimum atomic E-state index is 0.352. The number of hydrogen-bond acceptors (Lipinski definition) is 1. The molecule has 0 atom stereocenters. The third kappa shape index (κ3) is 6.61. The Balaban J connectivity index is 2.53. The summed E-state index contributed by atoms with van der Waals surface area (Å²) in [6.07, 6.45) is 1.46. The Bertz CT molecular complexity index is 36.3. The van der Waals surface area contributed by atoms with Crippen LogP contribution < -0.4 is 4.98 Å². The van der Waals surface area contributed by atoms with Gasteiger partial charge in [-0.3, -0.25) is 0 Å². The number of hydrogen-bond donors (Lipinski definition) is 1. The summed E-state index contributed by atoms with van der Waals surface area (Å²) in [5, 5.41) is 0. The second kappa shape index (κ2) is 7.61. The van der Waals surface area contributed by atoms with E-state index in [-0.39, 0.29) is 0 Å². The zero-order valence-electron chi connectivity index (χ0n) is 6.04. The molecule has 0 spiro atoms. The van der Waals surface area contributed by atoms with Crippen LogP contribution in [-0.2, 0) is 0 Å². The topological polar surface area (TPSA) is 12.0 Å². The predicted molar refractivity (Wildman–Crippen MR) is 49.8 cm³/mol. The van der Waals surface area contributed by atoms with Crippen LogP contribution in [0.15, 0.2) is 0 Å². The molecule has 0 radical (unpaired) electrons. The number of rotatable bonds is 5. The Hall–Kier alpha value is 0.611. The first-order valence-electron chi connectivity index (χ1n) is 3.56. The molecule has 0 amide bonds. The molecule has 1 nitrogen and oxygen atoms in total. The first-order chi connectivity index (χ1) is 3.91. The molecule has 0 saturated heterocycles. The summed E-state index contributed by atoms with van der Waals surface area (Å²) in [5.41, 5.74) is 0. The second-order valence-corrected chi connectivity index (χ2v) is 17.6. The van der Waals surface area contributed by atoms with Crippen LogP contribution in [0, 0.1) is 0 Å². The highest BCUT2D eigenvalue weighted by Gasteiger charge is 1.86. The quantitative estimate of drug-likeness (QED) is 0.376. The van der Waals surface area contributed by atoms with Crippen LogP contribution >= 0.6 is 0 Å². The van der Waals surface area contributed by atoms with E-state index in [0.29, 0.717) is 26.8 Å². The SMILES string of the molecule is CCC[SiH2][SiH2][SiH2]NC. The van der Waals surface area contributed by atoms with E-state index in [1.54, 1.807) is 6.04 Å². The average molecular weight is 163 g/mol. The third-order valence-electron chi connectivity index (χ3n) is 1.28. The van der Waals surface area contributed by atoms with Crippen molar-refractivity contribution < 1.29 is 0 Å². The van der Waals surface area contributed by atoms with Gasteiger partial charge in [-0.1, -0.05) is 19.4 Å². The summed E-state index contributed by atoms with van der Waals surface area (Å²) in [4.78, 5) is 3.36. The average Bonchev–Trinajstić information content (AvgIpc) is 1.81. The summed E-state index contributed by atoms with van der Waals surface area (Å²) in [6.45, 7) is 2.31. The summed E-state index contributed by atoms with van der Waals surface area (Å²) < 4.78 is 0. The minimum absolute atomic E-state index is 0.352. The van der Waals surface area contributed by atoms with Crippen LogP contribution in [0.2, 0.25) is 6.04 Å². The van der Waals surface area contributed by atoms with E-state index in [1.165, 1.54) is 6.42 Å². The Labute approximate surface area is 58.8 Å². The van der Waals surface area contributed by atoms with Crippen molar-refractivity contribution in [1.82, 2.24) is 4.98 Å². The molecule has 0 bridgehead atoms. The molecular weight excluding hydrogens is 146 g/mol. The molecule has 0 aliphatic heterocycles. The van der Waals surface area contributed by atoms with Gasteiger partial charge >= 0.3 is 0 Å². The first-order valence-corrected chi connectivity index (χ1v) is 13.3. The van der Waals surface area contributed by atoms with Crippen molar-refractivity contribution in [2.45, 2.75) is 19.4 Å². The molecule has 0 fully saturated rings. The standard InChI is InChI=1S/C4H17NSi3/c1-3-4-6-8-7-5-2/h5H,3-4,6-8H2,1-2H3. The van der Waals surface area contributed by atoms with Crippen molar-refractivity contribution in [3.05, 3.63) is 0 Å². The van der Waals surface area contributed by atoms with Crippen molar-refractivity contribution in [3.63, 3.8) is 0 Å². The van der Waals surface area contributed by atoms with Crippen LogP contribution in [0.25, 0.3) is 0 Å². The molecule has 0 rings (SSSR count). The van der Waals surface area contributed by atoms with Crippen molar-refractivity contribution in [1.29, 1.82) is 0 Å². The Morgan fingerprint density at radius 2 is 2.25 bits per heavy atom. The van der Waals surface area contributed by atoms with Gasteiger partial charge in [-0.15, -0.1) is 0 Å². The van der Waals surface area contributed by atoms with Gasteiger partial charge < -0.3 is 4.98 Å². The second-order valence-electron chi connectivity index (χ2n) is 2.16. The van der Waals surface area contributed by atoms with Gasteiger partial charge in [-0.05, 0) is 7.05 Å². The molecule has 0 aromatic carbocycles. The van der Waals surface area contributed by atoms with Crippen LogP contribution in [-0.4, -0.2) is 33.8 Å². The Morgan fingerprint density at radius 3 is 2.75 bits per heavy atom. The van der Waals surface area contributed by atoms with Gasteiger partial charge in [0.25, 0.3) is 0 Å². The molecular formula is C4H17NSi3. The predicted octanol–water partition coefficient (Wildman–Crippen LogP) is -1.71. The molecule has 0 aromatic rings. The molecule has 8 heavy (non-hydrogen) atoms. The smallest absolute Gasteiger partial charge is 0.0726 e. The van der Waals surface area contributed by atoms with Crippen molar-refractivity contribution in [2.75, 3.05) is 7.05 Å². The summed E-state index contributed by atoms with van der Waals surface area (Å²) in [5.74, 6) is 0. The van der Waals surface area contributed by atoms with Crippen LogP contribution in [0.5, 0.6) is 0 Å². The lowest BCUT2D eigenvalue weighted by Crippen LogP contribution is -2.24. The fourth-order valence-corrected chi connectivity index (χ4v) is 15.2. The van der Waals surface area contributed by atoms with E-state index in [9.17, 15) is 0 Å². The van der Waals surface area contributed by atoms with E-state index >= 15 is 0 Å². The monoisotopic (exact) mass is 163 g/mol. The van der Waals surface area contributed by atoms with Crippen molar-refractivity contribution in [2.24, 2.45) is 0 Å². The molecule has 0 aromatic heterocycles. The Kier molecular flexibility index (Phi) is 8.19. The Morgan fingerprint density at radius 1 is 1.50 bits per heavy atom. The number of nitrogens with one attached hydrogen (secondary N) is 1. The van der Waals surface area contributed by atoms with E-state index < -0.39 is 0 Å². The molecule has 0 aliphatic carbocycles. The van der Waals surface area contributed by atoms with Crippen LogP contribution in [0.3, 0.4) is 0 Å². The lowest BCUT2D eigenvalue weighted by molar-refractivity contribution is 1.08. The molecule has 4 heteroatoms. The first kappa shape index (κ1) is 8.61. The van der Waals surface area contributed by atoms with Gasteiger partial charge in [0, 0.05) is 17.6 Å². The third-order valence-corrected chi connectivity index (χ3v) is 17.1. The summed E-state index contributed by atoms with van der Waals surface area (Å²) in [6, 6.07) is 1.63. The largest absolute Gasteiger partial charge is 0.348 e. The summed E-state index contributed by atoms with van der Waals surface area (Å²) in [7, 11) is 3.58. The highest BCUT2D eigenvalue weighted by atomic mass is 29.5. The maximum absolute atomic E-state index is 3.36. The zero-order valence-corrected chi connectivity index (χ0v) is 10.3. The minimum Gasteiger partial charge on any atom is -0.348 e. The van der Waals surface area contributed by atoms with Gasteiger partial charge in [0.05, 0.1) is 9.20 Å². The zero-order chi connectivity index (χ0) is 6.24. The van der Waals surface area contributed by atoms with Crippen LogP contribution in [0.1, 0.15) is 13.3 Å². The molecule has 50 valence electrons. The molecule has 1 N–H and O–H groups in total. The molecule has 0 heterocycles. The van der Waals surface area contributed by atoms with Crippen LogP contribution in [0.4, 0.5) is 0 Å². The van der Waals surface area contributed by atoms with Crippen molar-refractivity contribution >= 4 is 26.8 Å². The molecule has 0 unspecified atom stereocenters. The normalized spacial score (nSPS) is 14.2. The van der Waals surface area contributed by atoms with Gasteiger partial charge in [0.2, 0.25) is 0 Å². The fourth-order valence-electron chi connectivity index (χ4n) is 0.729. The molecule has 0 saturated carbocycles. The van der Waals surface area contributed by atoms with Crippen molar-refractivity contribution in [3.8, 4) is 0 Å². The van der Waals surface area contributed by atoms with E-state index in [2.05, 4.69) is 19.0 Å². The molecule has 0 aliphatic rings. The lowest BCUT2D eigenvalue weighted by Gasteiger charge is -1.92. The maximum Gasteiger partial charge on any atom is 0.0726 e. The summed E-state index contributed by atoms with van der Waals surface area (Å²) >= 11 is 0. The van der Waals surface area contributed by atoms with E-state index in [0.717, 1.165) is 0 Å². The highest BCUT2D eigenvalue weighted by Crippen LogP contribution is 1.81.